The average molecular weight is 670 g/mol. The third-order valence-corrected chi connectivity index (χ3v) is 15.2. The van der Waals surface area contributed by atoms with Crippen molar-refractivity contribution in [2.45, 2.75) is 5.41 Å². The maximum absolute atomic E-state index is 6.97. The third kappa shape index (κ3) is 3.73. The number of para-hydroxylation sites is 1. The van der Waals surface area contributed by atoms with Crippen molar-refractivity contribution in [1.29, 1.82) is 0 Å². The fraction of sp³-hybridized carbons (Fsp3) is 0.0233. The Morgan fingerprint density at radius 1 is 0.391 bits per heavy atom. The van der Waals surface area contributed by atoms with E-state index in [1.165, 1.54) is 54.1 Å². The molecular weight excluding hydrogens is 640 g/mol. The molecule has 7 aromatic rings. The molecule has 2 aliphatic rings. The van der Waals surface area contributed by atoms with Gasteiger partial charge >= 0.3 is 0 Å². The Hall–Kier alpha value is -4.96. The van der Waals surface area contributed by atoms with Crippen molar-refractivity contribution in [1.82, 2.24) is 0 Å². The van der Waals surface area contributed by atoms with Crippen LogP contribution in [0.5, 0.6) is 11.5 Å². The molecule has 0 unspecified atom stereocenters. The number of benzene rings is 7. The van der Waals surface area contributed by atoms with Crippen LogP contribution in [0.25, 0.3) is 11.1 Å². The SMILES string of the molecule is Brc1cccc([Si](c2ccccc2)(c2ccccc2)c2ccc3c(c2)Oc2ccccc2C32c3ccccc3-c3ccccc32)c1. The van der Waals surface area contributed by atoms with Crippen molar-refractivity contribution < 1.29 is 4.74 Å². The monoisotopic (exact) mass is 668 g/mol. The molecule has 0 atom stereocenters. The highest BCUT2D eigenvalue weighted by Gasteiger charge is 2.51. The van der Waals surface area contributed by atoms with Crippen LogP contribution in [0.4, 0.5) is 0 Å². The molecule has 1 aliphatic heterocycles. The van der Waals surface area contributed by atoms with Crippen LogP contribution in [0.15, 0.2) is 180 Å². The summed E-state index contributed by atoms with van der Waals surface area (Å²) >= 11 is 3.82. The summed E-state index contributed by atoms with van der Waals surface area (Å²) < 4.78 is 8.05. The lowest BCUT2D eigenvalue weighted by atomic mass is 9.66. The minimum absolute atomic E-state index is 0.477. The highest BCUT2D eigenvalue weighted by Crippen LogP contribution is 2.61. The Morgan fingerprint density at radius 3 is 1.52 bits per heavy atom. The summed E-state index contributed by atoms with van der Waals surface area (Å²) in [5, 5.41) is 5.28. The Balaban J connectivity index is 1.39. The van der Waals surface area contributed by atoms with Crippen LogP contribution in [0.1, 0.15) is 22.3 Å². The van der Waals surface area contributed by atoms with E-state index in [4.69, 9.17) is 4.74 Å². The summed E-state index contributed by atoms with van der Waals surface area (Å²) in [7, 11) is -2.79. The maximum atomic E-state index is 6.97. The molecule has 0 saturated heterocycles. The second kappa shape index (κ2) is 10.6. The van der Waals surface area contributed by atoms with E-state index < -0.39 is 13.5 Å². The van der Waals surface area contributed by atoms with Crippen LogP contribution >= 0.6 is 15.9 Å². The first-order valence-electron chi connectivity index (χ1n) is 15.7. The van der Waals surface area contributed by atoms with Gasteiger partial charge in [-0.2, -0.15) is 0 Å². The van der Waals surface area contributed by atoms with Gasteiger partial charge in [-0.25, -0.2) is 0 Å². The molecule has 1 spiro atoms. The van der Waals surface area contributed by atoms with Gasteiger partial charge in [0.1, 0.15) is 11.5 Å². The van der Waals surface area contributed by atoms with E-state index in [-0.39, 0.29) is 0 Å². The van der Waals surface area contributed by atoms with Crippen LogP contribution in [-0.4, -0.2) is 8.07 Å². The third-order valence-electron chi connectivity index (χ3n) is 9.95. The predicted molar refractivity (Wildman–Crippen MR) is 195 cm³/mol. The number of fused-ring (bicyclic) bond motifs is 9. The standard InChI is InChI=1S/C43H29BrOSi/c44-30-14-13-19-33(28-30)46(31-15-3-1-4-16-31,32-17-5-2-6-18-32)34-26-27-40-42(29-34)45-41-25-12-11-24-39(41)43(40)37-22-9-7-20-35(37)36-21-8-10-23-38(36)43/h1-29H. The van der Waals surface area contributed by atoms with Gasteiger partial charge in [-0.15, -0.1) is 0 Å². The Kier molecular flexibility index (Phi) is 6.28. The van der Waals surface area contributed by atoms with E-state index in [0.29, 0.717) is 0 Å². The van der Waals surface area contributed by atoms with E-state index in [1.54, 1.807) is 0 Å². The van der Waals surface area contributed by atoms with Gasteiger partial charge in [-0.1, -0.05) is 168 Å². The first kappa shape index (κ1) is 27.4. The van der Waals surface area contributed by atoms with E-state index in [2.05, 4.69) is 192 Å². The first-order chi connectivity index (χ1) is 22.7. The molecule has 7 aromatic carbocycles. The summed E-state index contributed by atoms with van der Waals surface area (Å²) in [6, 6.07) is 64.6. The number of rotatable bonds is 4. The van der Waals surface area contributed by atoms with Gasteiger partial charge in [0.15, 0.2) is 8.07 Å². The second-order valence-electron chi connectivity index (χ2n) is 12.1. The van der Waals surface area contributed by atoms with Crippen LogP contribution in [-0.2, 0) is 5.41 Å². The van der Waals surface area contributed by atoms with Crippen LogP contribution < -0.4 is 25.5 Å². The number of hydrogen-bond acceptors (Lipinski definition) is 1. The van der Waals surface area contributed by atoms with Crippen molar-refractivity contribution in [3.8, 4) is 22.6 Å². The van der Waals surface area contributed by atoms with Gasteiger partial charge in [0.2, 0.25) is 0 Å². The Labute approximate surface area is 278 Å². The Morgan fingerprint density at radius 2 is 0.891 bits per heavy atom. The smallest absolute Gasteiger partial charge is 0.179 e. The molecule has 46 heavy (non-hydrogen) atoms. The first-order valence-corrected chi connectivity index (χ1v) is 18.5. The van der Waals surface area contributed by atoms with E-state index in [0.717, 1.165) is 16.0 Å². The topological polar surface area (TPSA) is 9.23 Å². The van der Waals surface area contributed by atoms with Gasteiger partial charge in [0.05, 0.1) is 5.41 Å². The molecule has 218 valence electrons. The van der Waals surface area contributed by atoms with Gasteiger partial charge in [0, 0.05) is 15.6 Å². The highest BCUT2D eigenvalue weighted by molar-refractivity contribution is 9.10. The molecule has 0 saturated carbocycles. The number of halogens is 1. The van der Waals surface area contributed by atoms with E-state index >= 15 is 0 Å². The molecule has 0 aromatic heterocycles. The van der Waals surface area contributed by atoms with Crippen molar-refractivity contribution >= 4 is 44.8 Å². The molecule has 1 heterocycles. The normalized spacial score (nSPS) is 13.7. The Bertz CT molecular complexity index is 2170. The molecule has 0 fully saturated rings. The zero-order chi connectivity index (χ0) is 30.7. The lowest BCUT2D eigenvalue weighted by Crippen LogP contribution is -2.74. The molecule has 0 bridgehead atoms. The van der Waals surface area contributed by atoms with Crippen LogP contribution in [0.3, 0.4) is 0 Å². The van der Waals surface area contributed by atoms with Gasteiger partial charge in [0.25, 0.3) is 0 Å². The number of ether oxygens (including phenoxy) is 1. The van der Waals surface area contributed by atoms with Crippen molar-refractivity contribution in [3.63, 3.8) is 0 Å². The molecule has 1 nitrogen and oxygen atoms in total. The van der Waals surface area contributed by atoms with E-state index in [1.807, 2.05) is 0 Å². The minimum Gasteiger partial charge on any atom is -0.457 e. The predicted octanol–water partition coefficient (Wildman–Crippen LogP) is 8.30. The fourth-order valence-corrected chi connectivity index (χ4v) is 13.6. The molecule has 0 amide bonds. The lowest BCUT2D eigenvalue weighted by molar-refractivity contribution is 0.437. The maximum Gasteiger partial charge on any atom is 0.179 e. The largest absolute Gasteiger partial charge is 0.457 e. The van der Waals surface area contributed by atoms with Crippen molar-refractivity contribution in [2.24, 2.45) is 0 Å². The molecule has 9 rings (SSSR count). The average Bonchev–Trinajstić information content (AvgIpc) is 3.40. The van der Waals surface area contributed by atoms with E-state index in [9.17, 15) is 0 Å². The summed E-state index contributed by atoms with van der Waals surface area (Å²) in [6.45, 7) is 0. The van der Waals surface area contributed by atoms with Gasteiger partial charge in [-0.3, -0.25) is 0 Å². The zero-order valence-electron chi connectivity index (χ0n) is 25.0. The fourth-order valence-electron chi connectivity index (χ4n) is 8.19. The molecular formula is C43H29BrOSi. The molecule has 0 N–H and O–H groups in total. The van der Waals surface area contributed by atoms with Crippen molar-refractivity contribution in [3.05, 3.63) is 203 Å². The van der Waals surface area contributed by atoms with Crippen LogP contribution in [0, 0.1) is 0 Å². The summed E-state index contributed by atoms with van der Waals surface area (Å²) in [4.78, 5) is 0. The second-order valence-corrected chi connectivity index (χ2v) is 16.9. The summed E-state index contributed by atoms with van der Waals surface area (Å²) in [6.07, 6.45) is 0. The summed E-state index contributed by atoms with van der Waals surface area (Å²) in [5.74, 6) is 1.83. The molecule has 1 aliphatic carbocycles. The zero-order valence-corrected chi connectivity index (χ0v) is 27.6. The van der Waals surface area contributed by atoms with Gasteiger partial charge < -0.3 is 4.74 Å². The van der Waals surface area contributed by atoms with Crippen LogP contribution in [0.2, 0.25) is 0 Å². The minimum atomic E-state index is -2.79. The van der Waals surface area contributed by atoms with Gasteiger partial charge in [-0.05, 0) is 67.3 Å². The molecule has 3 heteroatoms. The summed E-state index contributed by atoms with van der Waals surface area (Å²) in [5.41, 5.74) is 7.09. The quantitative estimate of drug-likeness (QED) is 0.135. The number of hydrogen-bond donors (Lipinski definition) is 0. The molecule has 0 radical (unpaired) electrons. The van der Waals surface area contributed by atoms with Crippen molar-refractivity contribution in [2.75, 3.05) is 0 Å². The highest BCUT2D eigenvalue weighted by atomic mass is 79.9. The lowest BCUT2D eigenvalue weighted by Gasteiger charge is -2.41.